The van der Waals surface area contributed by atoms with E-state index in [4.69, 9.17) is 4.42 Å². The number of thioether (sulfide) groups is 1. The molecule has 4 rings (SSSR count). The minimum atomic E-state index is -0.430. The molecule has 28 heavy (non-hydrogen) atoms. The molecular formula is C20H16FN3O2S2. The summed E-state index contributed by atoms with van der Waals surface area (Å²) in [5.41, 5.74) is 3.47. The molecule has 2 aromatic heterocycles. The van der Waals surface area contributed by atoms with E-state index in [1.807, 2.05) is 6.07 Å². The lowest BCUT2D eigenvalue weighted by Crippen LogP contribution is -2.11. The van der Waals surface area contributed by atoms with E-state index in [9.17, 15) is 9.18 Å². The van der Waals surface area contributed by atoms with Gasteiger partial charge in [0, 0.05) is 16.7 Å². The van der Waals surface area contributed by atoms with Gasteiger partial charge >= 0.3 is 0 Å². The molecule has 0 aliphatic rings. The second-order valence-electron chi connectivity index (χ2n) is 6.30. The maximum absolute atomic E-state index is 13.4. The van der Waals surface area contributed by atoms with E-state index in [0.29, 0.717) is 21.7 Å². The number of carbonyl (C=O) groups is 1. The number of benzene rings is 2. The van der Waals surface area contributed by atoms with Crippen molar-refractivity contribution in [2.75, 3.05) is 5.32 Å². The second-order valence-corrected chi connectivity index (χ2v) is 8.50. The Morgan fingerprint density at radius 1 is 1.21 bits per heavy atom. The quantitative estimate of drug-likeness (QED) is 0.341. The average Bonchev–Trinajstić information content (AvgIpc) is 3.25. The molecule has 1 amide bonds. The van der Waals surface area contributed by atoms with Crippen LogP contribution in [-0.2, 0) is 5.75 Å². The van der Waals surface area contributed by atoms with Crippen molar-refractivity contribution in [1.82, 2.24) is 10.2 Å². The van der Waals surface area contributed by atoms with Crippen molar-refractivity contribution in [2.45, 2.75) is 23.9 Å². The van der Waals surface area contributed by atoms with E-state index in [0.717, 1.165) is 10.1 Å². The first-order valence-corrected chi connectivity index (χ1v) is 10.3. The van der Waals surface area contributed by atoms with Crippen LogP contribution in [0.2, 0.25) is 0 Å². The highest BCUT2D eigenvalue weighted by atomic mass is 32.2. The van der Waals surface area contributed by atoms with Gasteiger partial charge < -0.3 is 4.42 Å². The summed E-state index contributed by atoms with van der Waals surface area (Å²) in [4.78, 5) is 12.5. The molecule has 0 radical (unpaired) electrons. The van der Waals surface area contributed by atoms with Crippen molar-refractivity contribution < 1.29 is 13.6 Å². The van der Waals surface area contributed by atoms with Gasteiger partial charge in [0.05, 0.1) is 0 Å². The van der Waals surface area contributed by atoms with Gasteiger partial charge in [-0.2, -0.15) is 0 Å². The Morgan fingerprint density at radius 3 is 2.89 bits per heavy atom. The Bertz CT molecular complexity index is 1170. The zero-order chi connectivity index (χ0) is 19.7. The lowest BCUT2D eigenvalue weighted by atomic mass is 10.1. The molecule has 0 saturated heterocycles. The van der Waals surface area contributed by atoms with Crippen molar-refractivity contribution in [3.05, 3.63) is 70.7 Å². The number of nitrogens with one attached hydrogen (secondary N) is 1. The van der Waals surface area contributed by atoms with Crippen LogP contribution < -0.4 is 5.32 Å². The number of hydrogen-bond acceptors (Lipinski definition) is 6. The maximum Gasteiger partial charge on any atom is 0.293 e. The molecule has 1 N–H and O–H groups in total. The van der Waals surface area contributed by atoms with Gasteiger partial charge in [-0.05, 0) is 37.6 Å². The third kappa shape index (κ3) is 3.93. The fourth-order valence-electron chi connectivity index (χ4n) is 2.83. The second kappa shape index (κ2) is 7.73. The Kier molecular flexibility index (Phi) is 5.15. The van der Waals surface area contributed by atoms with E-state index >= 15 is 0 Å². The van der Waals surface area contributed by atoms with Gasteiger partial charge in [-0.15, -0.1) is 10.2 Å². The van der Waals surface area contributed by atoms with Crippen LogP contribution in [0.25, 0.3) is 11.0 Å². The molecule has 0 unspecified atom stereocenters. The summed E-state index contributed by atoms with van der Waals surface area (Å²) in [7, 11) is 0. The van der Waals surface area contributed by atoms with Crippen molar-refractivity contribution >= 4 is 45.1 Å². The molecule has 142 valence electrons. The summed E-state index contributed by atoms with van der Waals surface area (Å²) >= 11 is 2.86. The summed E-state index contributed by atoms with van der Waals surface area (Å²) in [6.45, 7) is 3.78. The number of carbonyl (C=O) groups excluding carboxylic acids is 1. The van der Waals surface area contributed by atoms with Gasteiger partial charge in [0.25, 0.3) is 5.91 Å². The highest BCUT2D eigenvalue weighted by Crippen LogP contribution is 2.30. The zero-order valence-electron chi connectivity index (χ0n) is 15.2. The van der Waals surface area contributed by atoms with Gasteiger partial charge in [-0.1, -0.05) is 52.9 Å². The van der Waals surface area contributed by atoms with Crippen molar-refractivity contribution in [1.29, 1.82) is 0 Å². The molecule has 2 heterocycles. The van der Waals surface area contributed by atoms with Gasteiger partial charge in [0.2, 0.25) is 5.13 Å². The molecular weight excluding hydrogens is 397 g/mol. The number of rotatable bonds is 5. The van der Waals surface area contributed by atoms with Crippen LogP contribution in [0.5, 0.6) is 0 Å². The molecule has 0 atom stereocenters. The highest BCUT2D eigenvalue weighted by Gasteiger charge is 2.19. The number of aromatic nitrogens is 2. The van der Waals surface area contributed by atoms with Crippen LogP contribution in [-0.4, -0.2) is 16.1 Å². The van der Waals surface area contributed by atoms with Crippen LogP contribution in [0.15, 0.2) is 51.2 Å². The molecule has 0 aliphatic heterocycles. The normalized spacial score (nSPS) is 11.1. The van der Waals surface area contributed by atoms with Crippen LogP contribution in [0.3, 0.4) is 0 Å². The first-order valence-electron chi connectivity index (χ1n) is 8.51. The summed E-state index contributed by atoms with van der Waals surface area (Å²) in [5, 5.41) is 11.8. The predicted molar refractivity (Wildman–Crippen MR) is 110 cm³/mol. The van der Waals surface area contributed by atoms with Crippen LogP contribution in [0.1, 0.15) is 27.2 Å². The fraction of sp³-hybridized carbons (Fsp3) is 0.150. The van der Waals surface area contributed by atoms with E-state index < -0.39 is 5.91 Å². The summed E-state index contributed by atoms with van der Waals surface area (Å²) in [6.07, 6.45) is 0. The molecule has 0 bridgehead atoms. The number of nitrogens with zero attached hydrogens (tertiary/aromatic N) is 2. The molecule has 8 heteroatoms. The Balaban J connectivity index is 1.45. The largest absolute Gasteiger partial charge is 0.451 e. The summed E-state index contributed by atoms with van der Waals surface area (Å²) < 4.78 is 19.8. The topological polar surface area (TPSA) is 68.0 Å². The standard InChI is InChI=1S/C20H16FN3O2S2/c1-11-4-3-5-13(8-11)10-27-20-24-23-19(28-20)22-18(25)17-12(2)15-9-14(21)6-7-16(15)26-17/h3-9H,10H2,1-2H3,(H,22,23,25). The average molecular weight is 413 g/mol. The number of anilines is 1. The smallest absolute Gasteiger partial charge is 0.293 e. The van der Waals surface area contributed by atoms with Crippen molar-refractivity contribution in [2.24, 2.45) is 0 Å². The minimum Gasteiger partial charge on any atom is -0.451 e. The van der Waals surface area contributed by atoms with Crippen LogP contribution >= 0.6 is 23.1 Å². The van der Waals surface area contributed by atoms with E-state index in [1.165, 1.54) is 40.7 Å². The number of hydrogen-bond donors (Lipinski definition) is 1. The van der Waals surface area contributed by atoms with Gasteiger partial charge in [0.15, 0.2) is 10.1 Å². The van der Waals surface area contributed by atoms with Crippen LogP contribution in [0, 0.1) is 19.7 Å². The number of halogens is 1. The van der Waals surface area contributed by atoms with Crippen LogP contribution in [0.4, 0.5) is 9.52 Å². The third-order valence-corrected chi connectivity index (χ3v) is 6.22. The van der Waals surface area contributed by atoms with E-state index in [2.05, 4.69) is 40.6 Å². The monoisotopic (exact) mass is 413 g/mol. The maximum atomic E-state index is 13.4. The van der Waals surface area contributed by atoms with Crippen molar-refractivity contribution in [3.8, 4) is 0 Å². The molecule has 0 saturated carbocycles. The minimum absolute atomic E-state index is 0.143. The fourth-order valence-corrected chi connectivity index (χ4v) is 4.52. The van der Waals surface area contributed by atoms with E-state index in [1.54, 1.807) is 18.7 Å². The zero-order valence-corrected chi connectivity index (χ0v) is 16.8. The first-order chi connectivity index (χ1) is 13.5. The Morgan fingerprint density at radius 2 is 2.07 bits per heavy atom. The van der Waals surface area contributed by atoms with Gasteiger partial charge in [0.1, 0.15) is 11.4 Å². The predicted octanol–water partition coefficient (Wildman–Crippen LogP) is 5.58. The molecule has 5 nitrogen and oxygen atoms in total. The first kappa shape index (κ1) is 18.6. The lowest BCUT2D eigenvalue weighted by Gasteiger charge is -2.00. The number of furan rings is 1. The third-order valence-electron chi connectivity index (χ3n) is 4.18. The van der Waals surface area contributed by atoms with Gasteiger partial charge in [-0.3, -0.25) is 10.1 Å². The lowest BCUT2D eigenvalue weighted by molar-refractivity contribution is 0.0998. The summed E-state index contributed by atoms with van der Waals surface area (Å²) in [5.74, 6) is 0.117. The Hall–Kier alpha value is -2.71. The SMILES string of the molecule is Cc1cccc(CSc2nnc(NC(=O)c3oc4ccc(F)cc4c3C)s2)c1. The Labute approximate surface area is 169 Å². The molecule has 2 aromatic carbocycles. The number of aryl methyl sites for hydroxylation is 2. The van der Waals surface area contributed by atoms with Crippen molar-refractivity contribution in [3.63, 3.8) is 0 Å². The molecule has 0 aliphatic carbocycles. The highest BCUT2D eigenvalue weighted by molar-refractivity contribution is 8.00. The number of amides is 1. The molecule has 4 aromatic rings. The van der Waals surface area contributed by atoms with Gasteiger partial charge in [-0.25, -0.2) is 4.39 Å². The summed E-state index contributed by atoms with van der Waals surface area (Å²) in [6, 6.07) is 12.4. The molecule has 0 fully saturated rings. The van der Waals surface area contributed by atoms with E-state index in [-0.39, 0.29) is 11.6 Å². The number of fused-ring (bicyclic) bond motifs is 1. The molecule has 0 spiro atoms.